The number of rotatable bonds is 7. The Hall–Kier alpha value is -3.68. The number of nitrogens with zero attached hydrogens (tertiary/aromatic N) is 3. The molecular weight excluding hydrogens is 498 g/mol. The maximum Gasteiger partial charge on any atom is 0.266 e. The van der Waals surface area contributed by atoms with Crippen LogP contribution in [0.2, 0.25) is 0 Å². The van der Waals surface area contributed by atoms with Crippen molar-refractivity contribution in [2.24, 2.45) is 0 Å². The number of aryl methyl sites for hydroxylation is 1. The van der Waals surface area contributed by atoms with Gasteiger partial charge in [-0.1, -0.05) is 72.5 Å². The van der Waals surface area contributed by atoms with Crippen molar-refractivity contribution in [2.45, 2.75) is 26.8 Å². The third-order valence-corrected chi connectivity index (χ3v) is 7.62. The minimum absolute atomic E-state index is 0.0901. The highest BCUT2D eigenvalue weighted by Gasteiger charge is 2.36. The molecule has 186 valence electrons. The first kappa shape index (κ1) is 25.0. The molecule has 5 nitrogen and oxygen atoms in total. The van der Waals surface area contributed by atoms with E-state index >= 15 is 0 Å². The van der Waals surface area contributed by atoms with Gasteiger partial charge in [0.25, 0.3) is 5.91 Å². The Morgan fingerprint density at radius 2 is 1.76 bits per heavy atom. The van der Waals surface area contributed by atoms with E-state index in [1.165, 1.54) is 11.8 Å². The summed E-state index contributed by atoms with van der Waals surface area (Å²) in [5, 5.41) is 4.92. The Bertz CT molecular complexity index is 1480. The number of benzene rings is 3. The Labute approximate surface area is 226 Å². The number of carbonyl (C=O) groups is 1. The van der Waals surface area contributed by atoms with Crippen LogP contribution in [-0.2, 0) is 4.79 Å². The molecule has 37 heavy (non-hydrogen) atoms. The molecule has 5 rings (SSSR count). The topological polar surface area (TPSA) is 47.4 Å². The van der Waals surface area contributed by atoms with Crippen LogP contribution in [0.5, 0.6) is 5.75 Å². The average Bonchev–Trinajstić information content (AvgIpc) is 3.46. The van der Waals surface area contributed by atoms with Crippen LogP contribution in [0, 0.1) is 6.92 Å². The zero-order valence-corrected chi connectivity index (χ0v) is 22.6. The number of hydrogen-bond acceptors (Lipinski definition) is 5. The van der Waals surface area contributed by atoms with E-state index in [4.69, 9.17) is 22.1 Å². The SMILES string of the molecule is CCOc1ccc(-c2nn(-c3ccccc3)cc2/C=C2\SC(=S)N(C(C)c3ccccc3)C2=O)cc1C. The molecule has 7 heteroatoms. The van der Waals surface area contributed by atoms with Crippen LogP contribution in [0.3, 0.4) is 0 Å². The van der Waals surface area contributed by atoms with E-state index in [0.29, 0.717) is 15.8 Å². The van der Waals surface area contributed by atoms with Crippen LogP contribution in [0.15, 0.2) is 90.0 Å². The third kappa shape index (κ3) is 5.10. The summed E-state index contributed by atoms with van der Waals surface area (Å²) >= 11 is 6.98. The number of ether oxygens (including phenoxy) is 1. The first-order chi connectivity index (χ1) is 18.0. The number of thioether (sulfide) groups is 1. The normalized spacial score (nSPS) is 15.4. The maximum absolute atomic E-state index is 13.5. The van der Waals surface area contributed by atoms with Gasteiger partial charge in [-0.15, -0.1) is 0 Å². The summed E-state index contributed by atoms with van der Waals surface area (Å²) in [5.41, 5.74) is 5.60. The predicted molar refractivity (Wildman–Crippen MR) is 155 cm³/mol. The van der Waals surface area contributed by atoms with Gasteiger partial charge in [0, 0.05) is 17.3 Å². The van der Waals surface area contributed by atoms with Gasteiger partial charge in [-0.2, -0.15) is 5.10 Å². The Morgan fingerprint density at radius 3 is 2.43 bits per heavy atom. The number of para-hydroxylation sites is 1. The zero-order chi connectivity index (χ0) is 25.9. The third-order valence-electron chi connectivity index (χ3n) is 6.29. The molecule has 1 aliphatic rings. The molecule has 0 bridgehead atoms. The van der Waals surface area contributed by atoms with Crippen molar-refractivity contribution in [3.63, 3.8) is 0 Å². The summed E-state index contributed by atoms with van der Waals surface area (Å²) in [6.45, 7) is 6.61. The molecule has 1 saturated heterocycles. The highest BCUT2D eigenvalue weighted by atomic mass is 32.2. The molecule has 0 aliphatic carbocycles. The lowest BCUT2D eigenvalue weighted by Gasteiger charge is -2.23. The van der Waals surface area contributed by atoms with Crippen molar-refractivity contribution in [1.29, 1.82) is 0 Å². The van der Waals surface area contributed by atoms with E-state index in [9.17, 15) is 4.79 Å². The molecule has 0 radical (unpaired) electrons. The van der Waals surface area contributed by atoms with Crippen molar-refractivity contribution in [3.05, 3.63) is 107 Å². The van der Waals surface area contributed by atoms with Crippen molar-refractivity contribution < 1.29 is 9.53 Å². The second-order valence-electron chi connectivity index (χ2n) is 8.76. The van der Waals surface area contributed by atoms with Gasteiger partial charge in [0.15, 0.2) is 0 Å². The summed E-state index contributed by atoms with van der Waals surface area (Å²) in [4.78, 5) is 15.8. The van der Waals surface area contributed by atoms with Crippen molar-refractivity contribution in [3.8, 4) is 22.7 Å². The molecule has 2 heterocycles. The number of amides is 1. The zero-order valence-electron chi connectivity index (χ0n) is 20.9. The molecule has 1 atom stereocenters. The van der Waals surface area contributed by atoms with Gasteiger partial charge in [-0.25, -0.2) is 4.68 Å². The number of carbonyl (C=O) groups excluding carboxylic acids is 1. The quantitative estimate of drug-likeness (QED) is 0.188. The van der Waals surface area contributed by atoms with Crippen LogP contribution < -0.4 is 4.74 Å². The van der Waals surface area contributed by atoms with E-state index in [0.717, 1.165) is 39.4 Å². The Kier molecular flexibility index (Phi) is 7.26. The minimum Gasteiger partial charge on any atom is -0.494 e. The molecule has 1 fully saturated rings. The highest BCUT2D eigenvalue weighted by molar-refractivity contribution is 8.26. The van der Waals surface area contributed by atoms with Crippen molar-refractivity contribution in [1.82, 2.24) is 14.7 Å². The van der Waals surface area contributed by atoms with E-state index < -0.39 is 0 Å². The summed E-state index contributed by atoms with van der Waals surface area (Å²) in [7, 11) is 0. The van der Waals surface area contributed by atoms with Gasteiger partial charge in [0.2, 0.25) is 0 Å². The summed E-state index contributed by atoms with van der Waals surface area (Å²) < 4.78 is 8.14. The lowest BCUT2D eigenvalue weighted by atomic mass is 10.0. The number of aromatic nitrogens is 2. The summed E-state index contributed by atoms with van der Waals surface area (Å²) in [5.74, 6) is 0.763. The van der Waals surface area contributed by atoms with E-state index in [1.807, 2.05) is 111 Å². The molecule has 1 aromatic heterocycles. The summed E-state index contributed by atoms with van der Waals surface area (Å²) in [6, 6.07) is 25.8. The maximum atomic E-state index is 13.5. The van der Waals surface area contributed by atoms with Crippen molar-refractivity contribution in [2.75, 3.05) is 6.61 Å². The molecule has 0 N–H and O–H groups in total. The van der Waals surface area contributed by atoms with Crippen LogP contribution in [-0.4, -0.2) is 31.5 Å². The molecule has 1 unspecified atom stereocenters. The van der Waals surface area contributed by atoms with Gasteiger partial charge >= 0.3 is 0 Å². The molecule has 1 amide bonds. The lowest BCUT2D eigenvalue weighted by Crippen LogP contribution is -2.30. The summed E-state index contributed by atoms with van der Waals surface area (Å²) in [6.07, 6.45) is 3.87. The van der Waals surface area contributed by atoms with Gasteiger partial charge in [0.05, 0.1) is 23.2 Å². The van der Waals surface area contributed by atoms with E-state index in [1.54, 1.807) is 4.90 Å². The standard InChI is InChI=1S/C30H27N3O2S2/c1-4-35-26-16-15-23(17-20(26)2)28-24(19-32(31-28)25-13-9-6-10-14-25)18-27-29(34)33(30(36)37-27)21(3)22-11-7-5-8-12-22/h5-19,21H,4H2,1-3H3/b27-18-. The second-order valence-corrected chi connectivity index (χ2v) is 10.4. The largest absolute Gasteiger partial charge is 0.494 e. The second kappa shape index (κ2) is 10.7. The fourth-order valence-electron chi connectivity index (χ4n) is 4.38. The number of thiocarbonyl (C=S) groups is 1. The first-order valence-electron chi connectivity index (χ1n) is 12.2. The van der Waals surface area contributed by atoms with Gasteiger partial charge in [-0.05, 0) is 68.3 Å². The predicted octanol–water partition coefficient (Wildman–Crippen LogP) is 7.21. The fourth-order valence-corrected chi connectivity index (χ4v) is 5.79. The van der Waals surface area contributed by atoms with Crippen LogP contribution in [0.25, 0.3) is 23.0 Å². The molecule has 0 spiro atoms. The van der Waals surface area contributed by atoms with E-state index in [-0.39, 0.29) is 11.9 Å². The Morgan fingerprint density at radius 1 is 1.05 bits per heavy atom. The molecule has 3 aromatic carbocycles. The van der Waals surface area contributed by atoms with Gasteiger partial charge in [-0.3, -0.25) is 9.69 Å². The van der Waals surface area contributed by atoms with Crippen molar-refractivity contribution >= 4 is 40.3 Å². The lowest BCUT2D eigenvalue weighted by molar-refractivity contribution is -0.123. The molecule has 0 saturated carbocycles. The molecular formula is C30H27N3O2S2. The van der Waals surface area contributed by atoms with Gasteiger partial charge in [0.1, 0.15) is 15.8 Å². The smallest absolute Gasteiger partial charge is 0.266 e. The monoisotopic (exact) mass is 525 g/mol. The van der Waals surface area contributed by atoms with Crippen LogP contribution >= 0.6 is 24.0 Å². The first-order valence-corrected chi connectivity index (χ1v) is 13.4. The van der Waals surface area contributed by atoms with Crippen LogP contribution in [0.4, 0.5) is 0 Å². The van der Waals surface area contributed by atoms with E-state index in [2.05, 4.69) is 6.07 Å². The average molecular weight is 526 g/mol. The highest BCUT2D eigenvalue weighted by Crippen LogP contribution is 2.39. The fraction of sp³-hybridized carbons (Fsp3) is 0.167. The minimum atomic E-state index is -0.153. The number of hydrogen-bond donors (Lipinski definition) is 0. The molecule has 4 aromatic rings. The van der Waals surface area contributed by atoms with Crippen LogP contribution in [0.1, 0.15) is 36.6 Å². The Balaban J connectivity index is 1.55. The molecule has 1 aliphatic heterocycles. The van der Waals surface area contributed by atoms with Gasteiger partial charge < -0.3 is 4.74 Å².